The van der Waals surface area contributed by atoms with Crippen molar-refractivity contribution in [2.45, 2.75) is 19.3 Å². The molecule has 98 valence electrons. The highest BCUT2D eigenvalue weighted by atomic mass is 32.2. The summed E-state index contributed by atoms with van der Waals surface area (Å²) in [5.74, 6) is 0. The molecule has 0 fully saturated rings. The van der Waals surface area contributed by atoms with Gasteiger partial charge in [0.2, 0.25) is 0 Å². The Bertz CT molecular complexity index is 614. The summed E-state index contributed by atoms with van der Waals surface area (Å²) in [4.78, 5) is 0. The lowest BCUT2D eigenvalue weighted by Gasteiger charge is -2.01. The van der Waals surface area contributed by atoms with E-state index in [9.17, 15) is 8.42 Å². The van der Waals surface area contributed by atoms with E-state index < -0.39 is 10.1 Å². The van der Waals surface area contributed by atoms with Gasteiger partial charge in [-0.25, -0.2) is 0 Å². The maximum Gasteiger partial charge on any atom is 0.264 e. The molecule has 0 atom stereocenters. The monoisotopic (exact) mass is 284 g/mol. The third kappa shape index (κ3) is 3.80. The van der Waals surface area contributed by atoms with Gasteiger partial charge in [0, 0.05) is 4.70 Å². The number of rotatable bonds is 6. The molecule has 1 aromatic carbocycles. The fraction of sp³-hybridized carbons (Fsp3) is 0.385. The molecule has 2 rings (SSSR count). The fourth-order valence-corrected chi connectivity index (χ4v) is 3.27. The van der Waals surface area contributed by atoms with Crippen molar-refractivity contribution >= 4 is 31.5 Å². The van der Waals surface area contributed by atoms with Gasteiger partial charge >= 0.3 is 0 Å². The van der Waals surface area contributed by atoms with Gasteiger partial charge in [-0.05, 0) is 41.7 Å². The fourth-order valence-electron chi connectivity index (χ4n) is 1.85. The summed E-state index contributed by atoms with van der Waals surface area (Å²) in [5.41, 5.74) is 1.34. The molecule has 5 heteroatoms. The molecule has 1 aromatic heterocycles. The molecule has 0 unspecified atom stereocenters. The van der Waals surface area contributed by atoms with E-state index in [0.717, 1.165) is 25.5 Å². The Labute approximate surface area is 112 Å². The minimum Gasteiger partial charge on any atom is -0.270 e. The van der Waals surface area contributed by atoms with Gasteiger partial charge in [0.25, 0.3) is 10.1 Å². The van der Waals surface area contributed by atoms with Gasteiger partial charge in [-0.2, -0.15) is 8.42 Å². The molecule has 1 heterocycles. The highest BCUT2D eigenvalue weighted by molar-refractivity contribution is 7.85. The Morgan fingerprint density at radius 3 is 2.78 bits per heavy atom. The van der Waals surface area contributed by atoms with Gasteiger partial charge in [0.15, 0.2) is 0 Å². The number of hydrogen-bond donors (Lipinski definition) is 0. The van der Waals surface area contributed by atoms with Crippen molar-refractivity contribution in [3.05, 3.63) is 35.2 Å². The van der Waals surface area contributed by atoms with Gasteiger partial charge in [0.1, 0.15) is 0 Å². The molecule has 0 amide bonds. The summed E-state index contributed by atoms with van der Waals surface area (Å²) >= 11 is 1.75. The highest BCUT2D eigenvalue weighted by Gasteiger charge is 2.04. The maximum atomic E-state index is 10.8. The Morgan fingerprint density at radius 1 is 1.22 bits per heavy atom. The van der Waals surface area contributed by atoms with Crippen molar-refractivity contribution < 1.29 is 12.6 Å². The lowest BCUT2D eigenvalue weighted by Crippen LogP contribution is -2.04. The van der Waals surface area contributed by atoms with Crippen molar-refractivity contribution in [1.29, 1.82) is 0 Å². The van der Waals surface area contributed by atoms with Crippen LogP contribution in [0.15, 0.2) is 29.6 Å². The van der Waals surface area contributed by atoms with Crippen LogP contribution in [0.3, 0.4) is 0 Å². The third-order valence-electron chi connectivity index (χ3n) is 2.70. The van der Waals surface area contributed by atoms with E-state index in [4.69, 9.17) is 4.18 Å². The average molecular weight is 284 g/mol. The predicted molar refractivity (Wildman–Crippen MR) is 75.6 cm³/mol. The van der Waals surface area contributed by atoms with Crippen LogP contribution in [-0.4, -0.2) is 21.3 Å². The standard InChI is InChI=1S/C13H16O3S2/c1-18(14,15)16-9-5-4-6-11-10-17-13-8-3-2-7-12(11)13/h2-3,7-8,10H,4-6,9H2,1H3. The van der Waals surface area contributed by atoms with Gasteiger partial charge in [0.05, 0.1) is 12.9 Å². The van der Waals surface area contributed by atoms with Crippen LogP contribution in [-0.2, 0) is 20.7 Å². The van der Waals surface area contributed by atoms with E-state index in [2.05, 4.69) is 17.5 Å². The molecular weight excluding hydrogens is 268 g/mol. The van der Waals surface area contributed by atoms with Crippen LogP contribution in [0.2, 0.25) is 0 Å². The van der Waals surface area contributed by atoms with E-state index >= 15 is 0 Å². The zero-order valence-electron chi connectivity index (χ0n) is 10.3. The van der Waals surface area contributed by atoms with E-state index in [0.29, 0.717) is 0 Å². The van der Waals surface area contributed by atoms with Gasteiger partial charge < -0.3 is 0 Å². The largest absolute Gasteiger partial charge is 0.270 e. The molecule has 0 radical (unpaired) electrons. The Kier molecular flexibility index (Phi) is 4.37. The molecule has 0 spiro atoms. The quantitative estimate of drug-likeness (QED) is 0.604. The Hall–Kier alpha value is -0.910. The molecule has 0 N–H and O–H groups in total. The van der Waals surface area contributed by atoms with E-state index in [1.54, 1.807) is 11.3 Å². The zero-order valence-corrected chi connectivity index (χ0v) is 11.9. The second kappa shape index (κ2) is 5.82. The summed E-state index contributed by atoms with van der Waals surface area (Å²) in [5, 5.41) is 3.49. The lowest BCUT2D eigenvalue weighted by atomic mass is 10.1. The predicted octanol–water partition coefficient (Wildman–Crippen LogP) is 3.20. The summed E-state index contributed by atoms with van der Waals surface area (Å²) in [6.07, 6.45) is 3.75. The number of hydrogen-bond acceptors (Lipinski definition) is 4. The SMILES string of the molecule is CS(=O)(=O)OCCCCc1csc2ccccc12. The number of unbranched alkanes of at least 4 members (excludes halogenated alkanes) is 1. The van der Waals surface area contributed by atoms with Crippen molar-refractivity contribution in [3.8, 4) is 0 Å². The minimum atomic E-state index is -3.29. The van der Waals surface area contributed by atoms with Crippen molar-refractivity contribution in [2.75, 3.05) is 12.9 Å². The summed E-state index contributed by atoms with van der Waals surface area (Å²) in [7, 11) is -3.29. The van der Waals surface area contributed by atoms with Crippen molar-refractivity contribution in [3.63, 3.8) is 0 Å². The Morgan fingerprint density at radius 2 is 2.00 bits per heavy atom. The van der Waals surface area contributed by atoms with Gasteiger partial charge in [-0.1, -0.05) is 18.2 Å². The first-order valence-corrected chi connectivity index (χ1v) is 8.55. The smallest absolute Gasteiger partial charge is 0.264 e. The Balaban J connectivity index is 1.84. The van der Waals surface area contributed by atoms with Crippen molar-refractivity contribution in [1.82, 2.24) is 0 Å². The van der Waals surface area contributed by atoms with Crippen LogP contribution in [0.25, 0.3) is 10.1 Å². The average Bonchev–Trinajstić information content (AvgIpc) is 2.71. The molecule has 18 heavy (non-hydrogen) atoms. The van der Waals surface area contributed by atoms with E-state index in [1.165, 1.54) is 15.6 Å². The molecule has 2 aromatic rings. The number of thiophene rings is 1. The molecular formula is C13H16O3S2. The van der Waals surface area contributed by atoms with E-state index in [-0.39, 0.29) is 6.61 Å². The van der Waals surface area contributed by atoms with Gasteiger partial charge in [-0.3, -0.25) is 4.18 Å². The molecule has 0 aliphatic carbocycles. The second-order valence-corrected chi connectivity index (χ2v) is 6.80. The minimum absolute atomic E-state index is 0.279. The lowest BCUT2D eigenvalue weighted by molar-refractivity contribution is 0.312. The normalized spacial score (nSPS) is 12.1. The number of benzene rings is 1. The first-order valence-electron chi connectivity index (χ1n) is 5.86. The molecule has 0 saturated carbocycles. The number of fused-ring (bicyclic) bond motifs is 1. The van der Waals surface area contributed by atoms with Crippen LogP contribution in [0.1, 0.15) is 18.4 Å². The summed E-state index contributed by atoms with van der Waals surface area (Å²) in [6, 6.07) is 8.35. The summed E-state index contributed by atoms with van der Waals surface area (Å²) in [6.45, 7) is 0.279. The van der Waals surface area contributed by atoms with E-state index in [1.807, 2.05) is 12.1 Å². The topological polar surface area (TPSA) is 43.4 Å². The third-order valence-corrected chi connectivity index (χ3v) is 4.31. The van der Waals surface area contributed by atoms with Crippen LogP contribution >= 0.6 is 11.3 Å². The second-order valence-electron chi connectivity index (χ2n) is 4.24. The van der Waals surface area contributed by atoms with Crippen LogP contribution in [0.4, 0.5) is 0 Å². The molecule has 0 aliphatic rings. The van der Waals surface area contributed by atoms with Crippen LogP contribution in [0, 0.1) is 0 Å². The van der Waals surface area contributed by atoms with Crippen molar-refractivity contribution in [2.24, 2.45) is 0 Å². The van der Waals surface area contributed by atoms with Crippen LogP contribution < -0.4 is 0 Å². The summed E-state index contributed by atoms with van der Waals surface area (Å²) < 4.78 is 27.6. The zero-order chi connectivity index (χ0) is 13.0. The maximum absolute atomic E-state index is 10.8. The first-order chi connectivity index (χ1) is 8.56. The molecule has 0 bridgehead atoms. The molecule has 3 nitrogen and oxygen atoms in total. The first kappa shape index (κ1) is 13.5. The van der Waals surface area contributed by atoms with Gasteiger partial charge in [-0.15, -0.1) is 11.3 Å². The number of aryl methyl sites for hydroxylation is 1. The molecule has 0 saturated heterocycles. The highest BCUT2D eigenvalue weighted by Crippen LogP contribution is 2.26. The molecule has 0 aliphatic heterocycles. The van der Waals surface area contributed by atoms with Crippen LogP contribution in [0.5, 0.6) is 0 Å².